The highest BCUT2D eigenvalue weighted by Crippen LogP contribution is 2.37. The van der Waals surface area contributed by atoms with Crippen molar-refractivity contribution in [2.45, 2.75) is 6.92 Å². The fraction of sp³-hybridized carbons (Fsp3) is 0.0625. The number of benzene rings is 2. The SMILES string of the molecule is Cc1cc(N)c(NC(=O)c2sc3cc(Cl)ccc3c2Cl)cc1Cl. The molecule has 7 heteroatoms. The highest BCUT2D eigenvalue weighted by Gasteiger charge is 2.18. The quantitative estimate of drug-likeness (QED) is 0.531. The molecule has 0 bridgehead atoms. The van der Waals surface area contributed by atoms with Crippen molar-refractivity contribution >= 4 is 73.5 Å². The third-order valence-corrected chi connectivity index (χ3v) is 5.67. The molecule has 118 valence electrons. The molecule has 3 rings (SSSR count). The molecule has 2 aromatic carbocycles. The molecule has 0 saturated heterocycles. The van der Waals surface area contributed by atoms with Crippen LogP contribution in [0.4, 0.5) is 11.4 Å². The van der Waals surface area contributed by atoms with E-state index in [2.05, 4.69) is 5.32 Å². The van der Waals surface area contributed by atoms with Crippen LogP contribution in [0.2, 0.25) is 15.1 Å². The van der Waals surface area contributed by atoms with Crippen molar-refractivity contribution in [3.05, 3.63) is 55.8 Å². The highest BCUT2D eigenvalue weighted by atomic mass is 35.5. The van der Waals surface area contributed by atoms with Crippen molar-refractivity contribution in [3.8, 4) is 0 Å². The summed E-state index contributed by atoms with van der Waals surface area (Å²) in [6.07, 6.45) is 0. The van der Waals surface area contributed by atoms with Crippen LogP contribution in [0.15, 0.2) is 30.3 Å². The minimum atomic E-state index is -0.334. The van der Waals surface area contributed by atoms with Gasteiger partial charge in [-0.05, 0) is 36.8 Å². The number of amides is 1. The number of nitrogens with two attached hydrogens (primary N) is 1. The predicted octanol–water partition coefficient (Wildman–Crippen LogP) is 6.00. The zero-order valence-electron chi connectivity index (χ0n) is 11.9. The van der Waals surface area contributed by atoms with Gasteiger partial charge in [0.15, 0.2) is 0 Å². The summed E-state index contributed by atoms with van der Waals surface area (Å²) in [6, 6.07) is 8.65. The third-order valence-electron chi connectivity index (χ3n) is 3.38. The topological polar surface area (TPSA) is 55.1 Å². The summed E-state index contributed by atoms with van der Waals surface area (Å²) in [4.78, 5) is 12.9. The number of carbonyl (C=O) groups excluding carboxylic acids is 1. The second kappa shape index (κ2) is 6.21. The first-order chi connectivity index (χ1) is 10.9. The molecule has 0 aliphatic rings. The highest BCUT2D eigenvalue weighted by molar-refractivity contribution is 7.21. The second-order valence-corrected chi connectivity index (χ2v) is 7.30. The molecule has 1 aromatic heterocycles. The number of nitrogen functional groups attached to an aromatic ring is 1. The van der Waals surface area contributed by atoms with E-state index in [9.17, 15) is 4.79 Å². The number of hydrogen-bond donors (Lipinski definition) is 2. The van der Waals surface area contributed by atoms with Gasteiger partial charge in [0, 0.05) is 20.1 Å². The maximum atomic E-state index is 12.5. The van der Waals surface area contributed by atoms with E-state index in [1.165, 1.54) is 11.3 Å². The van der Waals surface area contributed by atoms with Crippen molar-refractivity contribution in [1.29, 1.82) is 0 Å². The fourth-order valence-corrected chi connectivity index (χ4v) is 4.03. The van der Waals surface area contributed by atoms with Gasteiger partial charge >= 0.3 is 0 Å². The summed E-state index contributed by atoms with van der Waals surface area (Å²) < 4.78 is 0.850. The van der Waals surface area contributed by atoms with Gasteiger partial charge in [0.2, 0.25) is 0 Å². The van der Waals surface area contributed by atoms with Crippen LogP contribution < -0.4 is 11.1 Å². The van der Waals surface area contributed by atoms with E-state index in [1.807, 2.05) is 6.92 Å². The Labute approximate surface area is 152 Å². The van der Waals surface area contributed by atoms with Crippen molar-refractivity contribution in [1.82, 2.24) is 0 Å². The zero-order chi connectivity index (χ0) is 16.7. The van der Waals surface area contributed by atoms with Crippen LogP contribution in [-0.2, 0) is 0 Å². The Morgan fingerprint density at radius 3 is 2.65 bits per heavy atom. The van der Waals surface area contributed by atoms with Crippen LogP contribution in [0.5, 0.6) is 0 Å². The van der Waals surface area contributed by atoms with E-state index in [-0.39, 0.29) is 5.91 Å². The molecule has 0 unspecified atom stereocenters. The number of fused-ring (bicyclic) bond motifs is 1. The van der Waals surface area contributed by atoms with Crippen LogP contribution in [0.1, 0.15) is 15.2 Å². The molecule has 1 heterocycles. The minimum Gasteiger partial charge on any atom is -0.397 e. The Balaban J connectivity index is 1.98. The lowest BCUT2D eigenvalue weighted by atomic mass is 10.2. The first kappa shape index (κ1) is 16.4. The number of anilines is 2. The summed E-state index contributed by atoms with van der Waals surface area (Å²) in [5.74, 6) is -0.334. The first-order valence-corrected chi connectivity index (χ1v) is 8.56. The molecule has 0 atom stereocenters. The number of aryl methyl sites for hydroxylation is 1. The van der Waals surface area contributed by atoms with Crippen LogP contribution in [0.25, 0.3) is 10.1 Å². The standard InChI is InChI=1S/C16H11Cl3N2OS/c1-7-4-11(20)12(6-10(7)18)21-16(22)15-14(19)9-3-2-8(17)5-13(9)23-15/h2-6H,20H2,1H3,(H,21,22). The number of nitrogens with one attached hydrogen (secondary N) is 1. The lowest BCUT2D eigenvalue weighted by Gasteiger charge is -2.09. The minimum absolute atomic E-state index is 0.334. The number of carbonyl (C=O) groups is 1. The smallest absolute Gasteiger partial charge is 0.267 e. The maximum Gasteiger partial charge on any atom is 0.267 e. The maximum absolute atomic E-state index is 12.5. The molecule has 3 N–H and O–H groups in total. The van der Waals surface area contributed by atoms with E-state index in [1.54, 1.807) is 30.3 Å². The van der Waals surface area contributed by atoms with Crippen molar-refractivity contribution < 1.29 is 4.79 Å². The van der Waals surface area contributed by atoms with Gasteiger partial charge < -0.3 is 11.1 Å². The lowest BCUT2D eigenvalue weighted by Crippen LogP contribution is -2.12. The molecular weight excluding hydrogens is 375 g/mol. The summed E-state index contributed by atoms with van der Waals surface area (Å²) in [6.45, 7) is 1.84. The molecule has 3 aromatic rings. The second-order valence-electron chi connectivity index (χ2n) is 5.03. The molecule has 0 aliphatic heterocycles. The normalized spacial score (nSPS) is 11.0. The van der Waals surface area contributed by atoms with Crippen LogP contribution in [0.3, 0.4) is 0 Å². The summed E-state index contributed by atoms with van der Waals surface area (Å²) in [5, 5.41) is 5.07. The molecule has 0 radical (unpaired) electrons. The van der Waals surface area contributed by atoms with Gasteiger partial charge in [-0.1, -0.05) is 40.9 Å². The van der Waals surface area contributed by atoms with Crippen LogP contribution in [-0.4, -0.2) is 5.91 Å². The molecule has 3 nitrogen and oxygen atoms in total. The van der Waals surface area contributed by atoms with Gasteiger partial charge in [-0.25, -0.2) is 0 Å². The molecular formula is C16H11Cl3N2OS. The lowest BCUT2D eigenvalue weighted by molar-refractivity contribution is 0.103. The summed E-state index contributed by atoms with van der Waals surface area (Å²) >= 11 is 19.7. The third kappa shape index (κ3) is 3.12. The van der Waals surface area contributed by atoms with E-state index in [4.69, 9.17) is 40.5 Å². The Morgan fingerprint density at radius 1 is 1.17 bits per heavy atom. The van der Waals surface area contributed by atoms with Crippen molar-refractivity contribution in [2.24, 2.45) is 0 Å². The Morgan fingerprint density at radius 2 is 1.91 bits per heavy atom. The number of rotatable bonds is 2. The molecule has 23 heavy (non-hydrogen) atoms. The predicted molar refractivity (Wildman–Crippen MR) is 100 cm³/mol. The van der Waals surface area contributed by atoms with Gasteiger partial charge in [-0.15, -0.1) is 11.3 Å². The summed E-state index contributed by atoms with van der Waals surface area (Å²) in [7, 11) is 0. The first-order valence-electron chi connectivity index (χ1n) is 6.61. The largest absolute Gasteiger partial charge is 0.397 e. The average Bonchev–Trinajstić information content (AvgIpc) is 2.81. The molecule has 0 fully saturated rings. The van der Waals surface area contributed by atoms with Crippen molar-refractivity contribution in [3.63, 3.8) is 0 Å². The van der Waals surface area contributed by atoms with Gasteiger partial charge in [-0.2, -0.15) is 0 Å². The molecule has 0 spiro atoms. The Bertz CT molecular complexity index is 937. The molecule has 0 saturated carbocycles. The number of thiophene rings is 1. The van der Waals surface area contributed by atoms with E-state index >= 15 is 0 Å². The van der Waals surface area contributed by atoms with E-state index < -0.39 is 0 Å². The van der Waals surface area contributed by atoms with Crippen molar-refractivity contribution in [2.75, 3.05) is 11.1 Å². The van der Waals surface area contributed by atoms with Gasteiger partial charge in [0.25, 0.3) is 5.91 Å². The molecule has 0 aliphatic carbocycles. The van der Waals surface area contributed by atoms with Crippen LogP contribution >= 0.6 is 46.1 Å². The molecule has 1 amide bonds. The Kier molecular flexibility index (Phi) is 4.43. The zero-order valence-corrected chi connectivity index (χ0v) is 15.0. The van der Waals surface area contributed by atoms with E-state index in [0.717, 1.165) is 15.6 Å². The number of halogens is 3. The van der Waals surface area contributed by atoms with E-state index in [0.29, 0.717) is 31.3 Å². The van der Waals surface area contributed by atoms with Gasteiger partial charge in [0.05, 0.1) is 16.4 Å². The number of hydrogen-bond acceptors (Lipinski definition) is 3. The van der Waals surface area contributed by atoms with Crippen LogP contribution in [0, 0.1) is 6.92 Å². The fourth-order valence-electron chi connectivity index (χ4n) is 2.18. The monoisotopic (exact) mass is 384 g/mol. The Hall–Kier alpha value is -1.46. The average molecular weight is 386 g/mol. The van der Waals surface area contributed by atoms with Gasteiger partial charge in [0.1, 0.15) is 4.88 Å². The van der Waals surface area contributed by atoms with Gasteiger partial charge in [-0.3, -0.25) is 4.79 Å². The summed E-state index contributed by atoms with van der Waals surface area (Å²) in [5.41, 5.74) is 7.67.